The Morgan fingerprint density at radius 3 is 2.06 bits per heavy atom. The van der Waals surface area contributed by atoms with Gasteiger partial charge in [0, 0.05) is 23.5 Å². The molecule has 0 aliphatic carbocycles. The van der Waals surface area contributed by atoms with Gasteiger partial charge in [-0.15, -0.1) is 0 Å². The van der Waals surface area contributed by atoms with E-state index in [1.54, 1.807) is 30.3 Å². The molecule has 0 saturated heterocycles. The molecule has 0 spiro atoms. The second-order valence-electron chi connectivity index (χ2n) is 3.48. The summed E-state index contributed by atoms with van der Waals surface area (Å²) < 4.78 is 5.59. The first-order valence-corrected chi connectivity index (χ1v) is 4.83. The van der Waals surface area contributed by atoms with Crippen LogP contribution in [-0.4, -0.2) is 0 Å². The molecule has 2 rings (SSSR count). The molecule has 0 atom stereocenters. The van der Waals surface area contributed by atoms with Gasteiger partial charge in [-0.05, 0) is 18.2 Å². The van der Waals surface area contributed by atoms with Gasteiger partial charge < -0.3 is 21.9 Å². The van der Waals surface area contributed by atoms with Crippen LogP contribution in [0.1, 0.15) is 0 Å². The average molecular weight is 215 g/mol. The van der Waals surface area contributed by atoms with Crippen LogP contribution in [-0.2, 0) is 0 Å². The zero-order valence-electron chi connectivity index (χ0n) is 8.68. The fraction of sp³-hybridized carbons (Fsp3) is 0. The van der Waals surface area contributed by atoms with Crippen LogP contribution in [0.15, 0.2) is 42.5 Å². The Balaban J connectivity index is 2.30. The molecule has 2 aromatic rings. The predicted octanol–water partition coefficient (Wildman–Crippen LogP) is 2.23. The van der Waals surface area contributed by atoms with Crippen LogP contribution < -0.4 is 21.9 Å². The highest BCUT2D eigenvalue weighted by molar-refractivity contribution is 5.59. The predicted molar refractivity (Wildman–Crippen MR) is 66.2 cm³/mol. The molecule has 6 N–H and O–H groups in total. The second-order valence-corrected chi connectivity index (χ2v) is 3.48. The van der Waals surface area contributed by atoms with Gasteiger partial charge in [0.2, 0.25) is 0 Å². The summed E-state index contributed by atoms with van der Waals surface area (Å²) in [5.74, 6) is 1.17. The van der Waals surface area contributed by atoms with Crippen molar-refractivity contribution in [3.05, 3.63) is 42.5 Å². The molecule has 0 fully saturated rings. The minimum Gasteiger partial charge on any atom is -0.455 e. The molecule has 0 unspecified atom stereocenters. The molecule has 82 valence electrons. The normalized spacial score (nSPS) is 10.0. The highest BCUT2D eigenvalue weighted by Crippen LogP contribution is 2.29. The summed E-state index contributed by atoms with van der Waals surface area (Å²) in [5, 5.41) is 0. The summed E-state index contributed by atoms with van der Waals surface area (Å²) in [5.41, 5.74) is 18.8. The van der Waals surface area contributed by atoms with Gasteiger partial charge >= 0.3 is 0 Å². The number of ether oxygens (including phenoxy) is 1. The lowest BCUT2D eigenvalue weighted by atomic mass is 10.2. The molecule has 2 aromatic carbocycles. The number of anilines is 3. The number of para-hydroxylation sites is 2. The number of nitrogens with two attached hydrogens (primary N) is 3. The fourth-order valence-electron chi connectivity index (χ4n) is 1.41. The lowest BCUT2D eigenvalue weighted by Gasteiger charge is -2.09. The van der Waals surface area contributed by atoms with Crippen LogP contribution in [0.25, 0.3) is 0 Å². The van der Waals surface area contributed by atoms with E-state index in [-0.39, 0.29) is 0 Å². The summed E-state index contributed by atoms with van der Waals surface area (Å²) in [6.07, 6.45) is 0. The van der Waals surface area contributed by atoms with Crippen LogP contribution in [0, 0.1) is 0 Å². The van der Waals surface area contributed by atoms with E-state index in [0.29, 0.717) is 28.6 Å². The van der Waals surface area contributed by atoms with Crippen LogP contribution in [0.3, 0.4) is 0 Å². The zero-order chi connectivity index (χ0) is 11.5. The standard InChI is InChI=1S/C12H13N3O/c13-8-5-9(14)7-10(6-8)16-12-4-2-1-3-11(12)15/h1-7H,13-15H2. The van der Waals surface area contributed by atoms with E-state index in [9.17, 15) is 0 Å². The maximum absolute atomic E-state index is 5.76. The minimum absolute atomic E-state index is 0.560. The van der Waals surface area contributed by atoms with Crippen LogP contribution in [0.5, 0.6) is 11.5 Å². The van der Waals surface area contributed by atoms with Gasteiger partial charge in [-0.3, -0.25) is 0 Å². The Morgan fingerprint density at radius 1 is 0.812 bits per heavy atom. The molecular weight excluding hydrogens is 202 g/mol. The zero-order valence-corrected chi connectivity index (χ0v) is 8.68. The summed E-state index contributed by atoms with van der Waals surface area (Å²) in [7, 11) is 0. The lowest BCUT2D eigenvalue weighted by Crippen LogP contribution is -1.94. The van der Waals surface area contributed by atoms with Crippen molar-refractivity contribution in [2.75, 3.05) is 17.2 Å². The summed E-state index contributed by atoms with van der Waals surface area (Å²) in [6.45, 7) is 0. The van der Waals surface area contributed by atoms with Crippen molar-refractivity contribution in [1.82, 2.24) is 0 Å². The van der Waals surface area contributed by atoms with Gasteiger partial charge in [0.05, 0.1) is 5.69 Å². The van der Waals surface area contributed by atoms with Crippen LogP contribution in [0.2, 0.25) is 0 Å². The Bertz CT molecular complexity index is 491. The molecule has 0 amide bonds. The Hall–Kier alpha value is -2.36. The van der Waals surface area contributed by atoms with Crippen LogP contribution >= 0.6 is 0 Å². The third-order valence-corrected chi connectivity index (χ3v) is 2.10. The molecule has 0 aromatic heterocycles. The molecule has 4 nitrogen and oxygen atoms in total. The summed E-state index contributed by atoms with van der Waals surface area (Å²) in [4.78, 5) is 0. The first-order chi connectivity index (χ1) is 7.65. The monoisotopic (exact) mass is 215 g/mol. The van der Waals surface area contributed by atoms with Crippen LogP contribution in [0.4, 0.5) is 17.1 Å². The van der Waals surface area contributed by atoms with Gasteiger partial charge in [-0.1, -0.05) is 12.1 Å². The highest BCUT2D eigenvalue weighted by atomic mass is 16.5. The van der Waals surface area contributed by atoms with Crippen molar-refractivity contribution >= 4 is 17.1 Å². The van der Waals surface area contributed by atoms with E-state index >= 15 is 0 Å². The van der Waals surface area contributed by atoms with E-state index in [4.69, 9.17) is 21.9 Å². The SMILES string of the molecule is Nc1cc(N)cc(Oc2ccccc2N)c1. The van der Waals surface area contributed by atoms with E-state index in [1.165, 1.54) is 0 Å². The van der Waals surface area contributed by atoms with E-state index in [0.717, 1.165) is 0 Å². The maximum atomic E-state index is 5.76. The first kappa shape index (κ1) is 10.2. The molecular formula is C12H13N3O. The third-order valence-electron chi connectivity index (χ3n) is 2.10. The number of rotatable bonds is 2. The molecule has 0 saturated carbocycles. The number of nitrogen functional groups attached to an aromatic ring is 3. The van der Waals surface area contributed by atoms with Crippen molar-refractivity contribution in [2.45, 2.75) is 0 Å². The molecule has 0 heterocycles. The number of benzene rings is 2. The van der Waals surface area contributed by atoms with Crippen molar-refractivity contribution in [2.24, 2.45) is 0 Å². The van der Waals surface area contributed by atoms with Gasteiger partial charge in [-0.2, -0.15) is 0 Å². The Kier molecular flexibility index (Phi) is 2.55. The molecule has 4 heteroatoms. The maximum Gasteiger partial charge on any atom is 0.150 e. The number of hydrogen-bond acceptors (Lipinski definition) is 4. The van der Waals surface area contributed by atoms with E-state index < -0.39 is 0 Å². The highest BCUT2D eigenvalue weighted by Gasteiger charge is 2.02. The van der Waals surface area contributed by atoms with Gasteiger partial charge in [-0.25, -0.2) is 0 Å². The second kappa shape index (κ2) is 4.02. The summed E-state index contributed by atoms with van der Waals surface area (Å²) in [6, 6.07) is 12.3. The topological polar surface area (TPSA) is 87.3 Å². The van der Waals surface area contributed by atoms with Gasteiger partial charge in [0.1, 0.15) is 11.5 Å². The van der Waals surface area contributed by atoms with Crippen molar-refractivity contribution in [1.29, 1.82) is 0 Å². The molecule has 16 heavy (non-hydrogen) atoms. The lowest BCUT2D eigenvalue weighted by molar-refractivity contribution is 0.485. The quantitative estimate of drug-likeness (QED) is 0.670. The smallest absolute Gasteiger partial charge is 0.150 e. The Morgan fingerprint density at radius 2 is 1.44 bits per heavy atom. The average Bonchev–Trinajstić information content (AvgIpc) is 2.20. The Labute approximate surface area is 93.6 Å². The summed E-state index contributed by atoms with van der Waals surface area (Å²) >= 11 is 0. The molecule has 0 aliphatic heterocycles. The molecule has 0 radical (unpaired) electrons. The van der Waals surface area contributed by atoms with E-state index in [1.807, 2.05) is 12.1 Å². The third kappa shape index (κ3) is 2.17. The first-order valence-electron chi connectivity index (χ1n) is 4.83. The van der Waals surface area contributed by atoms with E-state index in [2.05, 4.69) is 0 Å². The van der Waals surface area contributed by atoms with Gasteiger partial charge in [0.15, 0.2) is 0 Å². The largest absolute Gasteiger partial charge is 0.455 e. The number of hydrogen-bond donors (Lipinski definition) is 3. The molecule has 0 aliphatic rings. The van der Waals surface area contributed by atoms with Crippen molar-refractivity contribution < 1.29 is 4.74 Å². The minimum atomic E-state index is 0.560. The fourth-order valence-corrected chi connectivity index (χ4v) is 1.41. The van der Waals surface area contributed by atoms with Crippen molar-refractivity contribution in [3.8, 4) is 11.5 Å². The molecule has 0 bridgehead atoms. The van der Waals surface area contributed by atoms with Crippen molar-refractivity contribution in [3.63, 3.8) is 0 Å². The van der Waals surface area contributed by atoms with Gasteiger partial charge in [0.25, 0.3) is 0 Å².